The lowest BCUT2D eigenvalue weighted by molar-refractivity contribution is -0.384. The van der Waals surface area contributed by atoms with E-state index < -0.39 is 16.6 Å². The number of hydrogen-bond donors (Lipinski definition) is 0. The Bertz CT molecular complexity index is 1190. The molecule has 29 heavy (non-hydrogen) atoms. The number of carbonyl (C=O) groups is 1. The second-order valence-corrected chi connectivity index (χ2v) is 7.13. The van der Waals surface area contributed by atoms with Gasteiger partial charge >= 0.3 is 0 Å². The van der Waals surface area contributed by atoms with Crippen molar-refractivity contribution in [2.75, 3.05) is 11.4 Å². The Morgan fingerprint density at radius 1 is 1.24 bits per heavy atom. The molecule has 0 N–H and O–H groups in total. The Balaban J connectivity index is 1.72. The van der Waals surface area contributed by atoms with Crippen molar-refractivity contribution in [2.45, 2.75) is 6.54 Å². The fourth-order valence-electron chi connectivity index (χ4n) is 2.85. The molecule has 2 heterocycles. The first-order chi connectivity index (χ1) is 14.0. The lowest BCUT2D eigenvalue weighted by Gasteiger charge is -2.20. The molecule has 0 spiro atoms. The summed E-state index contributed by atoms with van der Waals surface area (Å²) in [7, 11) is 0. The molecular formula is C19H14FN5O3S. The summed E-state index contributed by atoms with van der Waals surface area (Å²) in [6, 6.07) is 11.9. The maximum atomic E-state index is 14.1. The fraction of sp³-hybridized carbons (Fsp3) is 0.105. The number of fused-ring (bicyclic) bond motifs is 1. The van der Waals surface area contributed by atoms with E-state index >= 15 is 0 Å². The lowest BCUT2D eigenvalue weighted by atomic mass is 10.2. The highest BCUT2D eigenvalue weighted by molar-refractivity contribution is 7.22. The van der Waals surface area contributed by atoms with Crippen LogP contribution in [0.1, 0.15) is 10.4 Å². The van der Waals surface area contributed by atoms with Gasteiger partial charge in [0.15, 0.2) is 5.13 Å². The van der Waals surface area contributed by atoms with Crippen LogP contribution in [0.4, 0.5) is 15.2 Å². The average molecular weight is 411 g/mol. The van der Waals surface area contributed by atoms with Crippen LogP contribution in [-0.4, -0.2) is 32.1 Å². The molecule has 0 radical (unpaired) electrons. The zero-order chi connectivity index (χ0) is 20.4. The third kappa shape index (κ3) is 3.83. The fourth-order valence-corrected chi connectivity index (χ4v) is 3.85. The Kier molecular flexibility index (Phi) is 5.00. The minimum Gasteiger partial charge on any atom is -0.282 e. The Morgan fingerprint density at radius 3 is 2.79 bits per heavy atom. The van der Waals surface area contributed by atoms with Gasteiger partial charge in [-0.3, -0.25) is 24.5 Å². The summed E-state index contributed by atoms with van der Waals surface area (Å²) in [6.45, 7) is 0.594. The molecule has 0 fully saturated rings. The van der Waals surface area contributed by atoms with E-state index in [1.807, 2.05) is 0 Å². The van der Waals surface area contributed by atoms with E-state index in [4.69, 9.17) is 0 Å². The third-order valence-electron chi connectivity index (χ3n) is 4.25. The van der Waals surface area contributed by atoms with Gasteiger partial charge in [0, 0.05) is 36.6 Å². The van der Waals surface area contributed by atoms with Gasteiger partial charge in [-0.25, -0.2) is 9.37 Å². The summed E-state index contributed by atoms with van der Waals surface area (Å²) in [5.41, 5.74) is 0.154. The van der Waals surface area contributed by atoms with Crippen LogP contribution in [-0.2, 0) is 6.54 Å². The number of non-ortho nitro benzene ring substituents is 1. The predicted molar refractivity (Wildman–Crippen MR) is 107 cm³/mol. The molecule has 2 aromatic heterocycles. The van der Waals surface area contributed by atoms with Crippen LogP contribution in [0.15, 0.2) is 60.9 Å². The van der Waals surface area contributed by atoms with Gasteiger partial charge in [-0.15, -0.1) is 0 Å². The summed E-state index contributed by atoms with van der Waals surface area (Å²) in [4.78, 5) is 29.4. The number of carbonyl (C=O) groups excluding carboxylic acids is 1. The highest BCUT2D eigenvalue weighted by Crippen LogP contribution is 2.31. The normalized spacial score (nSPS) is 10.9. The molecule has 4 aromatic rings. The SMILES string of the molecule is O=C(c1cccc([N+](=O)[O-])c1)N(CCn1cccn1)c1nc2c(F)cccc2s1. The van der Waals surface area contributed by atoms with Gasteiger partial charge in [0.2, 0.25) is 0 Å². The highest BCUT2D eigenvalue weighted by Gasteiger charge is 2.23. The summed E-state index contributed by atoms with van der Waals surface area (Å²) < 4.78 is 16.4. The van der Waals surface area contributed by atoms with Gasteiger partial charge in [-0.05, 0) is 24.3 Å². The van der Waals surface area contributed by atoms with Crippen LogP contribution in [0, 0.1) is 15.9 Å². The quantitative estimate of drug-likeness (QED) is 0.354. The van der Waals surface area contributed by atoms with Gasteiger partial charge in [-0.2, -0.15) is 5.10 Å². The zero-order valence-electron chi connectivity index (χ0n) is 14.9. The Labute approximate surface area is 168 Å². The molecule has 2 aromatic carbocycles. The lowest BCUT2D eigenvalue weighted by Crippen LogP contribution is -2.34. The van der Waals surface area contributed by atoms with Crippen LogP contribution in [0.3, 0.4) is 0 Å². The molecule has 8 nitrogen and oxygen atoms in total. The number of benzene rings is 2. The van der Waals surface area contributed by atoms with Crippen molar-refractivity contribution in [2.24, 2.45) is 0 Å². The number of nitro benzene ring substituents is 1. The van der Waals surface area contributed by atoms with Crippen LogP contribution in [0.25, 0.3) is 10.2 Å². The minimum absolute atomic E-state index is 0.152. The molecule has 0 saturated carbocycles. The number of anilines is 1. The summed E-state index contributed by atoms with van der Waals surface area (Å²) in [5.74, 6) is -0.930. The molecule has 10 heteroatoms. The highest BCUT2D eigenvalue weighted by atomic mass is 32.1. The predicted octanol–water partition coefficient (Wildman–Crippen LogP) is 3.89. The van der Waals surface area contributed by atoms with E-state index in [2.05, 4.69) is 10.1 Å². The first-order valence-electron chi connectivity index (χ1n) is 8.62. The number of hydrogen-bond acceptors (Lipinski definition) is 6. The molecule has 0 atom stereocenters. The average Bonchev–Trinajstić information content (AvgIpc) is 3.38. The van der Waals surface area contributed by atoms with E-state index in [0.29, 0.717) is 16.4 Å². The maximum absolute atomic E-state index is 14.1. The number of nitro groups is 1. The van der Waals surface area contributed by atoms with Crippen molar-refractivity contribution in [1.29, 1.82) is 0 Å². The maximum Gasteiger partial charge on any atom is 0.270 e. The number of amides is 1. The van der Waals surface area contributed by atoms with E-state index in [1.165, 1.54) is 46.6 Å². The van der Waals surface area contributed by atoms with Crippen molar-refractivity contribution in [3.05, 3.63) is 82.4 Å². The molecule has 4 rings (SSSR count). The topological polar surface area (TPSA) is 94.2 Å². The molecule has 0 saturated heterocycles. The second kappa shape index (κ2) is 7.76. The van der Waals surface area contributed by atoms with E-state index in [9.17, 15) is 19.3 Å². The number of nitrogens with zero attached hydrogens (tertiary/aromatic N) is 5. The molecule has 146 valence electrons. The van der Waals surface area contributed by atoms with E-state index in [1.54, 1.807) is 35.3 Å². The first-order valence-corrected chi connectivity index (χ1v) is 9.43. The van der Waals surface area contributed by atoms with Crippen molar-refractivity contribution in [3.8, 4) is 0 Å². The first kappa shape index (κ1) is 18.7. The number of rotatable bonds is 6. The van der Waals surface area contributed by atoms with Gasteiger partial charge < -0.3 is 0 Å². The Morgan fingerprint density at radius 2 is 2.07 bits per heavy atom. The molecule has 1 amide bonds. The number of aromatic nitrogens is 3. The monoisotopic (exact) mass is 411 g/mol. The molecular weight excluding hydrogens is 397 g/mol. The van der Waals surface area contributed by atoms with Crippen molar-refractivity contribution in [1.82, 2.24) is 14.8 Å². The van der Waals surface area contributed by atoms with Gasteiger partial charge in [0.1, 0.15) is 11.3 Å². The zero-order valence-corrected chi connectivity index (χ0v) is 15.8. The van der Waals surface area contributed by atoms with Gasteiger partial charge in [0.25, 0.3) is 11.6 Å². The van der Waals surface area contributed by atoms with Crippen LogP contribution in [0.5, 0.6) is 0 Å². The molecule has 0 unspecified atom stereocenters. The molecule has 0 aliphatic rings. The van der Waals surface area contributed by atoms with Crippen molar-refractivity contribution < 1.29 is 14.1 Å². The van der Waals surface area contributed by atoms with Gasteiger partial charge in [0.05, 0.1) is 16.2 Å². The van der Waals surface area contributed by atoms with Crippen LogP contribution < -0.4 is 4.90 Å². The second-order valence-electron chi connectivity index (χ2n) is 6.12. The standard InChI is InChI=1S/C19H14FN5O3S/c20-15-6-2-7-16-17(15)22-19(29-16)24(11-10-23-9-3-8-21-23)18(26)13-4-1-5-14(12-13)25(27)28/h1-9,12H,10-11H2. The van der Waals surface area contributed by atoms with Crippen molar-refractivity contribution >= 4 is 38.3 Å². The molecule has 0 bridgehead atoms. The van der Waals surface area contributed by atoms with Gasteiger partial charge in [-0.1, -0.05) is 23.5 Å². The molecule has 0 aliphatic heterocycles. The number of halogens is 1. The molecule has 0 aliphatic carbocycles. The van der Waals surface area contributed by atoms with E-state index in [0.717, 1.165) is 0 Å². The summed E-state index contributed by atoms with van der Waals surface area (Å²) in [6.07, 6.45) is 3.38. The van der Waals surface area contributed by atoms with Crippen LogP contribution in [0.2, 0.25) is 0 Å². The number of thiazole rings is 1. The number of para-hydroxylation sites is 1. The summed E-state index contributed by atoms with van der Waals surface area (Å²) >= 11 is 1.18. The largest absolute Gasteiger partial charge is 0.282 e. The van der Waals surface area contributed by atoms with Crippen LogP contribution >= 0.6 is 11.3 Å². The smallest absolute Gasteiger partial charge is 0.270 e. The Hall–Kier alpha value is -3.66. The minimum atomic E-state index is -0.558. The summed E-state index contributed by atoms with van der Waals surface area (Å²) in [5, 5.41) is 15.5. The van der Waals surface area contributed by atoms with E-state index in [-0.39, 0.29) is 23.3 Å². The van der Waals surface area contributed by atoms with Crippen molar-refractivity contribution in [3.63, 3.8) is 0 Å². The third-order valence-corrected chi connectivity index (χ3v) is 5.29.